The number of aromatic nitrogens is 6. The van der Waals surface area contributed by atoms with E-state index in [9.17, 15) is 77.8 Å². The molecule has 50 heteroatoms. The van der Waals surface area contributed by atoms with Crippen LogP contribution in [0.2, 0.25) is 31.2 Å². The monoisotopic (exact) mass is 1470 g/mol. The van der Waals surface area contributed by atoms with Crippen LogP contribution in [0.25, 0.3) is 0 Å². The van der Waals surface area contributed by atoms with Crippen LogP contribution < -0.4 is 219 Å². The molecule has 0 atom stereocenters. The summed E-state index contributed by atoms with van der Waals surface area (Å²) in [7, 11) is -36.1. The molecule has 2 aromatic heterocycles. The Morgan fingerprint density at radius 2 is 0.663 bits per heavy atom. The van der Waals surface area contributed by atoms with Crippen molar-refractivity contribution in [3.05, 3.63) is 102 Å². The van der Waals surface area contributed by atoms with E-state index in [1.165, 1.54) is 0 Å². The van der Waals surface area contributed by atoms with Crippen LogP contribution >= 0.6 is 69.6 Å². The summed E-state index contributed by atoms with van der Waals surface area (Å²) in [5, 5.41) is -0.511. The fourth-order valence-corrected chi connectivity index (χ4v) is 14.2. The molecule has 5 aromatic carbocycles. The van der Waals surface area contributed by atoms with Gasteiger partial charge in [0.15, 0.2) is 23.0 Å². The van der Waals surface area contributed by atoms with Gasteiger partial charge in [0.1, 0.15) is 103 Å². The largest absolute Gasteiger partial charge is 1.00 e. The Morgan fingerprint density at radius 3 is 0.942 bits per heavy atom. The summed E-state index contributed by atoms with van der Waals surface area (Å²) in [6.45, 7) is 0. The second kappa shape index (κ2) is 29.6. The first kappa shape index (κ1) is 80.0. The third kappa shape index (κ3) is 17.0. The van der Waals surface area contributed by atoms with Gasteiger partial charge in [-0.2, -0.15) is 19.9 Å². The van der Waals surface area contributed by atoms with Gasteiger partial charge in [-0.1, -0.05) is 23.2 Å². The van der Waals surface area contributed by atoms with Crippen molar-refractivity contribution >= 4 is 176 Å². The van der Waals surface area contributed by atoms with Crippen LogP contribution in [0.1, 0.15) is 0 Å². The summed E-state index contributed by atoms with van der Waals surface area (Å²) in [6.07, 6.45) is 0. The normalized spacial score (nSPS) is 12.9. The summed E-state index contributed by atoms with van der Waals surface area (Å²) in [4.78, 5) is 24.2. The minimum Gasteiger partial charge on any atom is -0.744 e. The molecule has 4 heterocycles. The minimum absolute atomic E-state index is 0. The number of aromatic amines is 2. The Kier molecular flexibility index (Phi) is 27.5. The maximum absolute atomic E-state index is 13.1. The molecule has 86 heavy (non-hydrogen) atoms. The summed E-state index contributed by atoms with van der Waals surface area (Å²) in [6, 6.07) is 5.74. The zero-order chi connectivity index (χ0) is 58.7. The van der Waals surface area contributed by atoms with Gasteiger partial charge >= 0.3 is 177 Å². The number of rotatable bonds is 12. The van der Waals surface area contributed by atoms with E-state index < -0.39 is 212 Å². The van der Waals surface area contributed by atoms with Crippen molar-refractivity contribution in [2.45, 2.75) is 29.4 Å². The van der Waals surface area contributed by atoms with Crippen molar-refractivity contribution in [3.8, 4) is 23.0 Å². The number of fused-ring (bicyclic) bond motifs is 4. The molecule has 4 N–H and O–H groups in total. The number of anilines is 4. The predicted molar refractivity (Wildman–Crippen MR) is 262 cm³/mol. The molecular weight excluding hydrogens is 1460 g/mol. The number of benzene rings is 5. The summed E-state index contributed by atoms with van der Waals surface area (Å²) < 4.78 is 242. The van der Waals surface area contributed by atoms with Crippen LogP contribution in [0.15, 0.2) is 97.9 Å². The number of nitrogens with one attached hydrogen (secondary N) is 4. The minimum atomic E-state index is -6.11. The summed E-state index contributed by atoms with van der Waals surface area (Å²) >= 11 is 36.4. The molecule has 0 bridgehead atoms. The van der Waals surface area contributed by atoms with Gasteiger partial charge in [0.25, 0.3) is 0 Å². The van der Waals surface area contributed by atoms with E-state index in [1.807, 2.05) is 0 Å². The number of ether oxygens (including phenoxy) is 2. The van der Waals surface area contributed by atoms with Gasteiger partial charge < -0.3 is 47.4 Å². The van der Waals surface area contributed by atoms with E-state index in [4.69, 9.17) is 79.1 Å². The molecule has 0 radical (unpaired) electrons. The van der Waals surface area contributed by atoms with Crippen LogP contribution in [0.4, 0.5) is 45.5 Å². The van der Waals surface area contributed by atoms with Crippen molar-refractivity contribution in [1.82, 2.24) is 29.9 Å². The van der Waals surface area contributed by atoms with E-state index in [1.54, 1.807) is 0 Å². The third-order valence-electron chi connectivity index (χ3n) is 10.2. The number of hydrogen-bond donors (Lipinski definition) is 4. The van der Waals surface area contributed by atoms with Gasteiger partial charge in [0.2, 0.25) is 32.4 Å². The molecule has 0 unspecified atom stereocenters. The van der Waals surface area contributed by atoms with Crippen LogP contribution in [-0.2, 0) is 60.7 Å². The number of H-pyrrole nitrogens is 2. The molecule has 0 spiro atoms. The molecule has 9 rings (SSSR count). The number of halogens is 6. The molecule has 0 saturated carbocycles. The van der Waals surface area contributed by atoms with E-state index in [-0.39, 0.29) is 177 Å². The molecular formula is C36H12Cl6N12Na6O20S6. The maximum atomic E-state index is 13.1. The maximum Gasteiger partial charge on any atom is 1.00 e. The van der Waals surface area contributed by atoms with Gasteiger partial charge in [-0.25, -0.2) is 70.5 Å². The SMILES string of the molecule is O=S(=O)([O-])c1c(Nc2ccc(N=c3nc(Cl)nc(Cl)[nH]3)c(S(=O)(=O)[O-])c2S(=O)(=O)[O-])ccc2c1Oc1c(Cl)c3c(c(Cl)c1=N2)Oc1c(ccc(Nc2ccc(N=c4nc(Cl)nc(Cl)[nH]4)c(S(=O)(=O)[O-])c2S(=O)(=O)[O-])c1S(=O)(=O)[O-])N=3.[Na+].[Na+].[Na+].[Na+].[Na+].[Na+]. The molecule has 0 amide bonds. The zero-order valence-corrected chi connectivity index (χ0v) is 64.5. The van der Waals surface area contributed by atoms with Gasteiger partial charge in [-0.3, -0.25) is 9.97 Å². The van der Waals surface area contributed by atoms with Gasteiger partial charge in [-0.15, -0.1) is 0 Å². The number of hydrogen-bond acceptors (Lipinski definition) is 30. The molecule has 0 aliphatic carbocycles. The van der Waals surface area contributed by atoms with Crippen LogP contribution in [0.3, 0.4) is 0 Å². The van der Waals surface area contributed by atoms with Crippen molar-refractivity contribution < 1.29 is 265 Å². The Bertz CT molecular complexity index is 4670. The van der Waals surface area contributed by atoms with Gasteiger partial charge in [0, 0.05) is 0 Å². The first-order valence-corrected chi connectivity index (χ1v) is 30.6. The van der Waals surface area contributed by atoms with Crippen molar-refractivity contribution in [3.63, 3.8) is 0 Å². The third-order valence-corrected chi connectivity index (χ3v) is 17.3. The van der Waals surface area contributed by atoms with Gasteiger partial charge in [-0.05, 0) is 94.9 Å². The standard InChI is InChI=1S/C36H18Cl6N12O20S6.6Na/c37-17-19-23(73-21-9(45-19)1-3-11(25(21)75(55,56)57)43-13-5-7-15(47-35-51-31(39)49-32(40)52-35)29(79(67,68)69)27(13)77(61,62)63)18(38)20-24(17)74-22-10(46-20)2-4-12(26(22)76(58,59)60)44-14-6-8-16(48-36-53-33(41)50-34(42)54-36)30(80(70,71)72)28(14)78(64,65)66;;;;;;/h1-8,43-44H,(H,55,56,57)(H,58,59,60)(H,61,62,63)(H,64,65,66)(H,67,68,69)(H,70,71,72)(H,47,49,51,52)(H,48,50,53,54);;;;;;/q;6*+1/p-6. The average molecular weight is 1480 g/mol. The van der Waals surface area contributed by atoms with Crippen LogP contribution in [-0.4, -0.2) is 108 Å². The van der Waals surface area contributed by atoms with Crippen molar-refractivity contribution in [2.24, 2.45) is 20.0 Å². The van der Waals surface area contributed by atoms with Crippen molar-refractivity contribution in [1.29, 1.82) is 0 Å². The molecule has 0 saturated heterocycles. The van der Waals surface area contributed by atoms with E-state index in [2.05, 4.69) is 60.5 Å². The van der Waals surface area contributed by atoms with E-state index in [0.717, 1.165) is 12.1 Å². The Morgan fingerprint density at radius 1 is 0.384 bits per heavy atom. The smallest absolute Gasteiger partial charge is 0.744 e. The quantitative estimate of drug-likeness (QED) is 0.0652. The predicted octanol–water partition coefficient (Wildman–Crippen LogP) is -14.6. The van der Waals surface area contributed by atoms with Crippen molar-refractivity contribution in [2.75, 3.05) is 10.6 Å². The molecule has 2 aliphatic heterocycles. The topological polar surface area (TPSA) is 518 Å². The van der Waals surface area contributed by atoms with E-state index >= 15 is 0 Å². The number of nitrogens with zero attached hydrogens (tertiary/aromatic N) is 8. The fraction of sp³-hybridized carbons (Fsp3) is 0. The Hall–Kier alpha value is -0.280. The molecule has 420 valence electrons. The molecule has 2 aliphatic rings. The van der Waals surface area contributed by atoms with E-state index in [0.29, 0.717) is 36.4 Å². The zero-order valence-electron chi connectivity index (χ0n) is 43.1. The first-order valence-electron chi connectivity index (χ1n) is 19.9. The van der Waals surface area contributed by atoms with Gasteiger partial charge in [0.05, 0.1) is 53.7 Å². The molecule has 7 aromatic rings. The molecule has 0 fully saturated rings. The van der Waals surface area contributed by atoms with Crippen LogP contribution in [0, 0.1) is 0 Å². The average Bonchev–Trinajstić information content (AvgIpc) is 1.06. The molecule has 32 nitrogen and oxygen atoms in total. The summed E-state index contributed by atoms with van der Waals surface area (Å²) in [5.41, 5.74) is -8.86. The second-order valence-corrected chi connectivity index (χ2v) is 25.3. The Labute approximate surface area is 644 Å². The Balaban J connectivity index is 0.00000323. The fourth-order valence-electron chi connectivity index (χ4n) is 7.39. The van der Waals surface area contributed by atoms with Crippen LogP contribution in [0.5, 0.6) is 23.0 Å². The summed E-state index contributed by atoms with van der Waals surface area (Å²) in [5.74, 6) is -3.50. The second-order valence-electron chi connectivity index (χ2n) is 15.2. The first-order chi connectivity index (χ1) is 36.9.